The molecular formula is C18H25F3N2O4. The van der Waals surface area contributed by atoms with Crippen molar-refractivity contribution in [3.63, 3.8) is 0 Å². The summed E-state index contributed by atoms with van der Waals surface area (Å²) in [5, 5.41) is 8.96. The fourth-order valence-corrected chi connectivity index (χ4v) is 3.21. The number of benzene rings is 1. The van der Waals surface area contributed by atoms with Crippen LogP contribution in [0.1, 0.15) is 19.8 Å². The van der Waals surface area contributed by atoms with Gasteiger partial charge in [-0.2, -0.15) is 0 Å². The summed E-state index contributed by atoms with van der Waals surface area (Å²) in [6.07, 6.45) is -2.89. The fourth-order valence-electron chi connectivity index (χ4n) is 3.21. The summed E-state index contributed by atoms with van der Waals surface area (Å²) in [5.74, 6) is -0.601. The Balaban J connectivity index is 1.69. The van der Waals surface area contributed by atoms with Crippen LogP contribution in [-0.2, 0) is 4.79 Å². The van der Waals surface area contributed by atoms with E-state index < -0.39 is 12.3 Å². The number of hydrogen-bond acceptors (Lipinski definition) is 5. The average molecular weight is 390 g/mol. The Hall–Kier alpha value is -2.00. The van der Waals surface area contributed by atoms with Gasteiger partial charge in [-0.15, -0.1) is 13.2 Å². The highest BCUT2D eigenvalue weighted by Crippen LogP contribution is 2.24. The van der Waals surface area contributed by atoms with Gasteiger partial charge in [0, 0.05) is 12.6 Å². The number of hydrogen-bond donors (Lipinski definition) is 1. The molecule has 1 N–H and O–H groups in total. The lowest BCUT2D eigenvalue weighted by molar-refractivity contribution is -0.274. The van der Waals surface area contributed by atoms with E-state index in [-0.39, 0.29) is 18.3 Å². The lowest BCUT2D eigenvalue weighted by atomic mass is 10.0. The fraction of sp³-hybridized carbons (Fsp3) is 0.611. The molecule has 1 aromatic rings. The zero-order valence-electron chi connectivity index (χ0n) is 15.2. The van der Waals surface area contributed by atoms with Crippen LogP contribution in [0, 0.1) is 0 Å². The summed E-state index contributed by atoms with van der Waals surface area (Å²) in [4.78, 5) is 15.1. The zero-order chi connectivity index (χ0) is 19.9. The minimum absolute atomic E-state index is 0.0678. The number of rotatable bonds is 9. The van der Waals surface area contributed by atoms with Crippen LogP contribution in [0.25, 0.3) is 0 Å². The second-order valence-electron chi connectivity index (χ2n) is 6.40. The number of piperidine rings is 1. The molecule has 0 aromatic heterocycles. The summed E-state index contributed by atoms with van der Waals surface area (Å²) < 4.78 is 45.8. The van der Waals surface area contributed by atoms with Crippen molar-refractivity contribution in [3.8, 4) is 11.5 Å². The van der Waals surface area contributed by atoms with Crippen LogP contribution < -0.4 is 9.47 Å². The number of likely N-dealkylation sites (tertiary alicyclic amines) is 1. The molecule has 1 aliphatic heterocycles. The number of carboxylic acids is 1. The van der Waals surface area contributed by atoms with E-state index in [4.69, 9.17) is 9.84 Å². The molecule has 6 nitrogen and oxygen atoms in total. The van der Waals surface area contributed by atoms with Gasteiger partial charge in [-0.1, -0.05) is 6.92 Å². The lowest BCUT2D eigenvalue weighted by Crippen LogP contribution is -2.47. The standard InChI is InChI=1S/C18H25F3N2O4/c1-2-23(13-17(24)25)14-7-9-22(10-8-14)11-12-26-15-3-5-16(6-4-15)27-18(19,20)21/h3-6,14H,2,7-13H2,1H3,(H,24,25). The first-order chi connectivity index (χ1) is 12.8. The molecule has 2 rings (SSSR count). The van der Waals surface area contributed by atoms with Gasteiger partial charge < -0.3 is 14.6 Å². The first-order valence-electron chi connectivity index (χ1n) is 8.93. The van der Waals surface area contributed by atoms with Crippen LogP contribution >= 0.6 is 0 Å². The van der Waals surface area contributed by atoms with E-state index in [0.717, 1.165) is 25.9 Å². The van der Waals surface area contributed by atoms with E-state index in [0.29, 0.717) is 25.4 Å². The van der Waals surface area contributed by atoms with Crippen LogP contribution in [0.4, 0.5) is 13.2 Å². The van der Waals surface area contributed by atoms with Crippen molar-refractivity contribution >= 4 is 5.97 Å². The molecule has 9 heteroatoms. The van der Waals surface area contributed by atoms with Crippen molar-refractivity contribution in [2.24, 2.45) is 0 Å². The molecule has 27 heavy (non-hydrogen) atoms. The topological polar surface area (TPSA) is 62.2 Å². The highest BCUT2D eigenvalue weighted by molar-refractivity contribution is 5.69. The highest BCUT2D eigenvalue weighted by atomic mass is 19.4. The number of nitrogens with zero attached hydrogens (tertiary/aromatic N) is 2. The van der Waals surface area contributed by atoms with E-state index in [1.54, 1.807) is 0 Å². The minimum Gasteiger partial charge on any atom is -0.492 e. The Bertz CT molecular complexity index is 587. The molecule has 0 spiro atoms. The molecular weight excluding hydrogens is 365 g/mol. The van der Waals surface area contributed by atoms with Gasteiger partial charge in [0.2, 0.25) is 0 Å². The van der Waals surface area contributed by atoms with E-state index in [9.17, 15) is 18.0 Å². The predicted molar refractivity (Wildman–Crippen MR) is 93.0 cm³/mol. The van der Waals surface area contributed by atoms with Gasteiger partial charge in [-0.3, -0.25) is 14.6 Å². The van der Waals surface area contributed by atoms with Crippen LogP contribution in [0.5, 0.6) is 11.5 Å². The Morgan fingerprint density at radius 2 is 1.81 bits per heavy atom. The maximum absolute atomic E-state index is 12.1. The number of carbonyl (C=O) groups is 1. The molecule has 1 aliphatic rings. The maximum atomic E-state index is 12.1. The number of carboxylic acid groups (broad SMARTS) is 1. The quantitative estimate of drug-likeness (QED) is 0.700. The Morgan fingerprint density at radius 3 is 2.33 bits per heavy atom. The normalized spacial score (nSPS) is 16.5. The van der Waals surface area contributed by atoms with Crippen LogP contribution in [0.15, 0.2) is 24.3 Å². The lowest BCUT2D eigenvalue weighted by Gasteiger charge is -2.37. The summed E-state index contributed by atoms with van der Waals surface area (Å²) in [6, 6.07) is 5.60. The molecule has 0 radical (unpaired) electrons. The maximum Gasteiger partial charge on any atom is 0.573 e. The molecule has 0 atom stereocenters. The molecule has 0 amide bonds. The highest BCUT2D eigenvalue weighted by Gasteiger charge is 2.31. The van der Waals surface area contributed by atoms with Crippen LogP contribution in [0.2, 0.25) is 0 Å². The van der Waals surface area contributed by atoms with Crippen LogP contribution in [-0.4, -0.2) is 72.6 Å². The van der Waals surface area contributed by atoms with Gasteiger partial charge in [0.1, 0.15) is 18.1 Å². The first-order valence-corrected chi connectivity index (χ1v) is 8.93. The minimum atomic E-state index is -4.70. The van der Waals surface area contributed by atoms with Crippen molar-refractivity contribution in [3.05, 3.63) is 24.3 Å². The summed E-state index contributed by atoms with van der Waals surface area (Å²) >= 11 is 0. The molecule has 0 unspecified atom stereocenters. The van der Waals surface area contributed by atoms with Crippen molar-refractivity contribution < 1.29 is 32.5 Å². The third-order valence-corrected chi connectivity index (χ3v) is 4.55. The number of ether oxygens (including phenoxy) is 2. The van der Waals surface area contributed by atoms with Crippen LogP contribution in [0.3, 0.4) is 0 Å². The SMILES string of the molecule is CCN(CC(=O)O)C1CCN(CCOc2ccc(OC(F)(F)F)cc2)CC1. The number of likely N-dealkylation sites (N-methyl/N-ethyl adjacent to an activating group) is 1. The van der Waals surface area contributed by atoms with Gasteiger partial charge in [0.25, 0.3) is 0 Å². The average Bonchev–Trinajstić information content (AvgIpc) is 2.60. The van der Waals surface area contributed by atoms with E-state index in [1.807, 2.05) is 11.8 Å². The molecule has 1 aromatic carbocycles. The molecule has 0 bridgehead atoms. The molecule has 152 valence electrons. The monoisotopic (exact) mass is 390 g/mol. The zero-order valence-corrected chi connectivity index (χ0v) is 15.2. The molecule has 0 aliphatic carbocycles. The van der Waals surface area contributed by atoms with E-state index in [2.05, 4.69) is 9.64 Å². The summed E-state index contributed by atoms with van der Waals surface area (Å²) in [7, 11) is 0. The van der Waals surface area contributed by atoms with Crippen molar-refractivity contribution in [1.82, 2.24) is 9.80 Å². The second kappa shape index (κ2) is 9.80. The van der Waals surface area contributed by atoms with E-state index in [1.165, 1.54) is 24.3 Å². The van der Waals surface area contributed by atoms with Crippen molar-refractivity contribution in [2.45, 2.75) is 32.2 Å². The van der Waals surface area contributed by atoms with Gasteiger partial charge in [0.15, 0.2) is 0 Å². The third kappa shape index (κ3) is 7.64. The van der Waals surface area contributed by atoms with Crippen molar-refractivity contribution in [1.29, 1.82) is 0 Å². The summed E-state index contributed by atoms with van der Waals surface area (Å²) in [5.41, 5.74) is 0. The first kappa shape index (κ1) is 21.3. The largest absolute Gasteiger partial charge is 0.573 e. The number of aliphatic carboxylic acids is 1. The third-order valence-electron chi connectivity index (χ3n) is 4.55. The summed E-state index contributed by atoms with van der Waals surface area (Å²) in [6.45, 7) is 5.61. The Morgan fingerprint density at radius 1 is 1.22 bits per heavy atom. The Labute approximate surface area is 156 Å². The van der Waals surface area contributed by atoms with E-state index >= 15 is 0 Å². The predicted octanol–water partition coefficient (Wildman–Crippen LogP) is 2.83. The molecule has 1 fully saturated rings. The van der Waals surface area contributed by atoms with Gasteiger partial charge in [-0.05, 0) is 56.7 Å². The smallest absolute Gasteiger partial charge is 0.492 e. The number of alkyl halides is 3. The molecule has 0 saturated carbocycles. The Kier molecular flexibility index (Phi) is 7.73. The number of halogens is 3. The van der Waals surface area contributed by atoms with Gasteiger partial charge in [0.05, 0.1) is 6.54 Å². The molecule has 1 heterocycles. The molecule has 1 saturated heterocycles. The van der Waals surface area contributed by atoms with Crippen molar-refractivity contribution in [2.75, 3.05) is 39.3 Å². The second-order valence-corrected chi connectivity index (χ2v) is 6.40. The van der Waals surface area contributed by atoms with Gasteiger partial charge in [-0.25, -0.2) is 0 Å². The van der Waals surface area contributed by atoms with Gasteiger partial charge >= 0.3 is 12.3 Å².